The summed E-state index contributed by atoms with van der Waals surface area (Å²) in [6.07, 6.45) is -0.0142. The van der Waals surface area contributed by atoms with Crippen LogP contribution in [0.15, 0.2) is 72.3 Å². The van der Waals surface area contributed by atoms with Crippen LogP contribution >= 0.6 is 11.7 Å². The van der Waals surface area contributed by atoms with Crippen molar-refractivity contribution in [1.82, 2.24) is 8.75 Å². The molecule has 1 aromatic heterocycles. The molecular formula is C24H17N3O5S. The molecule has 0 saturated carbocycles. The van der Waals surface area contributed by atoms with Crippen LogP contribution in [-0.2, 0) is 11.2 Å². The number of allylic oxidation sites excluding steroid dienone is 1. The largest absolute Gasteiger partial charge is 0.478 e. The molecule has 9 heteroatoms. The first-order valence-corrected chi connectivity index (χ1v) is 10.6. The summed E-state index contributed by atoms with van der Waals surface area (Å²) in [5.41, 5.74) is 3.24. The first-order chi connectivity index (χ1) is 15.8. The van der Waals surface area contributed by atoms with Crippen molar-refractivity contribution in [2.45, 2.75) is 13.3 Å². The number of hydrogen-bond donors (Lipinski definition) is 1. The number of non-ortho nitro benzene ring substituents is 1. The molecule has 8 nitrogen and oxygen atoms in total. The summed E-state index contributed by atoms with van der Waals surface area (Å²) < 4.78 is 8.30. The fourth-order valence-corrected chi connectivity index (χ4v) is 3.98. The summed E-state index contributed by atoms with van der Waals surface area (Å²) in [7, 11) is 0. The van der Waals surface area contributed by atoms with E-state index in [1.165, 1.54) is 24.3 Å². The molecule has 0 aliphatic heterocycles. The molecule has 164 valence electrons. The molecule has 0 spiro atoms. The maximum Gasteiger partial charge on any atom is 0.336 e. The van der Waals surface area contributed by atoms with Gasteiger partial charge in [-0.05, 0) is 30.2 Å². The summed E-state index contributed by atoms with van der Waals surface area (Å²) in [4.78, 5) is 36.4. The summed E-state index contributed by atoms with van der Waals surface area (Å²) >= 11 is 1.02. The van der Waals surface area contributed by atoms with E-state index in [4.69, 9.17) is 0 Å². The number of nitro groups is 1. The van der Waals surface area contributed by atoms with Crippen LogP contribution < -0.4 is 0 Å². The smallest absolute Gasteiger partial charge is 0.336 e. The van der Waals surface area contributed by atoms with Crippen LogP contribution in [-0.4, -0.2) is 30.5 Å². The number of rotatable bonds is 7. The zero-order chi connectivity index (χ0) is 23.5. The Morgan fingerprint density at radius 2 is 1.58 bits per heavy atom. The van der Waals surface area contributed by atoms with Crippen LogP contribution in [0.1, 0.15) is 27.0 Å². The van der Waals surface area contributed by atoms with Gasteiger partial charge in [-0.3, -0.25) is 14.9 Å². The Balaban J connectivity index is 1.88. The van der Waals surface area contributed by atoms with Gasteiger partial charge in [0, 0.05) is 29.7 Å². The average molecular weight is 459 g/mol. The Morgan fingerprint density at radius 3 is 2.21 bits per heavy atom. The van der Waals surface area contributed by atoms with Crippen molar-refractivity contribution >= 4 is 45.8 Å². The molecule has 33 heavy (non-hydrogen) atoms. The van der Waals surface area contributed by atoms with Crippen molar-refractivity contribution < 1.29 is 19.6 Å². The van der Waals surface area contributed by atoms with Gasteiger partial charge >= 0.3 is 5.97 Å². The maximum atomic E-state index is 13.5. The Bertz CT molecular complexity index is 1410. The fraction of sp³-hybridized carbons (Fsp3) is 0.0833. The highest BCUT2D eigenvalue weighted by atomic mass is 32.1. The van der Waals surface area contributed by atoms with Gasteiger partial charge < -0.3 is 5.11 Å². The lowest BCUT2D eigenvalue weighted by Crippen LogP contribution is -2.14. The molecule has 0 radical (unpaired) electrons. The predicted octanol–water partition coefficient (Wildman–Crippen LogP) is 4.87. The van der Waals surface area contributed by atoms with E-state index in [0.717, 1.165) is 17.3 Å². The lowest BCUT2D eigenvalue weighted by Gasteiger charge is -2.13. The van der Waals surface area contributed by atoms with Gasteiger partial charge in [0.25, 0.3) is 5.69 Å². The number of nitrogens with zero attached hydrogens (tertiary/aromatic N) is 3. The van der Waals surface area contributed by atoms with Crippen molar-refractivity contribution in [2.75, 3.05) is 0 Å². The first-order valence-electron chi connectivity index (χ1n) is 9.87. The van der Waals surface area contributed by atoms with Gasteiger partial charge in [-0.15, -0.1) is 0 Å². The standard InChI is InChI=1S/C24H17N3O5S/c1-14-2-6-16(7-3-14)23(28)19(12-15-4-9-18(10-5-15)27(31)32)22(24(29)30)17-8-11-20-21(13-17)26-33-25-20/h2-11,13H,12H2,1H3,(H,29,30)/b22-19+. The van der Waals surface area contributed by atoms with Crippen LogP contribution in [0.3, 0.4) is 0 Å². The fourth-order valence-electron chi connectivity index (χ4n) is 3.47. The molecule has 4 aromatic rings. The highest BCUT2D eigenvalue weighted by molar-refractivity contribution is 7.00. The second-order valence-electron chi connectivity index (χ2n) is 7.42. The van der Waals surface area contributed by atoms with Crippen molar-refractivity contribution in [2.24, 2.45) is 0 Å². The number of hydrogen-bond acceptors (Lipinski definition) is 7. The number of Topliss-reactive ketones (excluding diaryl/α,β-unsaturated/α-hetero) is 1. The topological polar surface area (TPSA) is 123 Å². The molecule has 1 N–H and O–H groups in total. The van der Waals surface area contributed by atoms with Gasteiger partial charge in [0.15, 0.2) is 5.78 Å². The maximum absolute atomic E-state index is 13.5. The van der Waals surface area contributed by atoms with E-state index in [0.29, 0.717) is 27.7 Å². The number of carboxylic acids is 1. The molecule has 3 aromatic carbocycles. The molecule has 0 atom stereocenters. The molecule has 0 fully saturated rings. The van der Waals surface area contributed by atoms with Crippen LogP contribution in [0, 0.1) is 17.0 Å². The third-order valence-electron chi connectivity index (χ3n) is 5.17. The van der Waals surface area contributed by atoms with Gasteiger partial charge in [-0.25, -0.2) is 4.79 Å². The minimum Gasteiger partial charge on any atom is -0.478 e. The summed E-state index contributed by atoms with van der Waals surface area (Å²) in [6, 6.07) is 17.4. The van der Waals surface area contributed by atoms with Crippen molar-refractivity contribution in [3.8, 4) is 0 Å². The van der Waals surface area contributed by atoms with Gasteiger partial charge in [-0.2, -0.15) is 8.75 Å². The molecule has 0 amide bonds. The highest BCUT2D eigenvalue weighted by Gasteiger charge is 2.24. The molecule has 1 heterocycles. The van der Waals surface area contributed by atoms with Crippen molar-refractivity contribution in [1.29, 1.82) is 0 Å². The number of aliphatic carboxylic acids is 1. The van der Waals surface area contributed by atoms with E-state index in [-0.39, 0.29) is 23.3 Å². The van der Waals surface area contributed by atoms with Gasteiger partial charge in [-0.1, -0.05) is 48.0 Å². The van der Waals surface area contributed by atoms with E-state index in [1.54, 1.807) is 42.5 Å². The van der Waals surface area contributed by atoms with Crippen LogP contribution in [0.4, 0.5) is 5.69 Å². The predicted molar refractivity (Wildman–Crippen MR) is 124 cm³/mol. The second-order valence-corrected chi connectivity index (χ2v) is 7.95. The van der Waals surface area contributed by atoms with Crippen LogP contribution in [0.2, 0.25) is 0 Å². The molecule has 0 saturated heterocycles. The average Bonchev–Trinajstić information content (AvgIpc) is 3.27. The van der Waals surface area contributed by atoms with Crippen molar-refractivity contribution in [3.63, 3.8) is 0 Å². The van der Waals surface area contributed by atoms with Crippen LogP contribution in [0.25, 0.3) is 16.6 Å². The Hall–Kier alpha value is -4.24. The number of aryl methyl sites for hydroxylation is 1. The number of fused-ring (bicyclic) bond motifs is 1. The number of carbonyl (C=O) groups excluding carboxylic acids is 1. The Labute approximate surface area is 192 Å². The zero-order valence-electron chi connectivity index (χ0n) is 17.4. The molecule has 0 aliphatic carbocycles. The van der Waals surface area contributed by atoms with Gasteiger partial charge in [0.2, 0.25) is 0 Å². The number of ketones is 1. The normalized spacial score (nSPS) is 11.8. The van der Waals surface area contributed by atoms with E-state index < -0.39 is 16.7 Å². The first kappa shape index (κ1) is 22.0. The zero-order valence-corrected chi connectivity index (χ0v) is 18.2. The minimum atomic E-state index is -1.25. The third kappa shape index (κ3) is 4.68. The minimum absolute atomic E-state index is 0.0142. The SMILES string of the molecule is Cc1ccc(C(=O)/C(Cc2ccc([N+](=O)[O-])cc2)=C(/C(=O)O)c2ccc3nsnc3c2)cc1. The molecule has 0 bridgehead atoms. The van der Waals surface area contributed by atoms with E-state index in [1.807, 2.05) is 6.92 Å². The van der Waals surface area contributed by atoms with Crippen molar-refractivity contribution in [3.05, 3.63) is 105 Å². The monoisotopic (exact) mass is 459 g/mol. The number of carbonyl (C=O) groups is 2. The summed E-state index contributed by atoms with van der Waals surface area (Å²) in [6.45, 7) is 1.89. The van der Waals surface area contributed by atoms with E-state index in [9.17, 15) is 24.8 Å². The quantitative estimate of drug-likeness (QED) is 0.181. The van der Waals surface area contributed by atoms with E-state index >= 15 is 0 Å². The second kappa shape index (κ2) is 9.09. The lowest BCUT2D eigenvalue weighted by atomic mass is 9.89. The summed E-state index contributed by atoms with van der Waals surface area (Å²) in [5, 5.41) is 21.1. The van der Waals surface area contributed by atoms with E-state index in [2.05, 4.69) is 8.75 Å². The molecule has 0 unspecified atom stereocenters. The third-order valence-corrected chi connectivity index (χ3v) is 5.73. The Kier molecular flexibility index (Phi) is 6.05. The van der Waals surface area contributed by atoms with Gasteiger partial charge in [0.05, 0.1) is 22.2 Å². The summed E-state index contributed by atoms with van der Waals surface area (Å²) in [5.74, 6) is -1.68. The molecule has 4 rings (SSSR count). The van der Waals surface area contributed by atoms with Crippen LogP contribution in [0.5, 0.6) is 0 Å². The number of benzene rings is 3. The number of nitro benzene ring substituents is 1. The molecule has 0 aliphatic rings. The Morgan fingerprint density at radius 1 is 0.939 bits per heavy atom. The van der Waals surface area contributed by atoms with Gasteiger partial charge in [0.1, 0.15) is 11.0 Å². The lowest BCUT2D eigenvalue weighted by molar-refractivity contribution is -0.384. The highest BCUT2D eigenvalue weighted by Crippen LogP contribution is 2.28. The number of carboxylic acid groups (broad SMARTS) is 1. The molecular weight excluding hydrogens is 442 g/mol. The number of aromatic nitrogens is 2.